The molecule has 41 heteroatoms. The molecule has 3 saturated heterocycles. The molecule has 16 rings (SSSR count). The molecule has 0 bridgehead atoms. The predicted molar refractivity (Wildman–Crippen MR) is 497 cm³/mol. The number of Topliss-reactive ketones (excluding diaryl/α,β-unsaturated/α-hetero) is 1. The van der Waals surface area contributed by atoms with Crippen LogP contribution >= 0.6 is 0 Å². The number of nitrogens with zero attached hydrogens (tertiary/aromatic N) is 1. The van der Waals surface area contributed by atoms with E-state index in [1.54, 1.807) is 115 Å². The van der Waals surface area contributed by atoms with Gasteiger partial charge in [0.2, 0.25) is 18.0 Å². The van der Waals surface area contributed by atoms with Gasteiger partial charge in [-0.25, -0.2) is 32.3 Å². The van der Waals surface area contributed by atoms with Crippen LogP contribution < -0.4 is 21.3 Å². The maximum atomic E-state index is 14.4. The van der Waals surface area contributed by atoms with Gasteiger partial charge in [-0.05, 0) is 227 Å². The Kier molecular flexibility index (Phi) is 33.4. The number of hydrogen-bond donors (Lipinski definition) is 5. The second-order valence-electron chi connectivity index (χ2n) is 38.3. The molecule has 10 aromatic carbocycles. The number of aliphatic hydroxyl groups is 1. The van der Waals surface area contributed by atoms with Gasteiger partial charge in [0.25, 0.3) is 0 Å². The molecule has 16 atom stereocenters. The van der Waals surface area contributed by atoms with Crippen molar-refractivity contribution in [2.75, 3.05) is 0 Å². The topological polar surface area (TPSA) is 256 Å². The fraction of sp³-hybridized carbons (Fsp3) is 0.367. The second-order valence-corrected chi connectivity index (χ2v) is 38.3. The third-order valence-electron chi connectivity index (χ3n) is 27.5. The van der Waals surface area contributed by atoms with E-state index in [1.807, 2.05) is 6.07 Å². The third kappa shape index (κ3) is 26.6. The third-order valence-corrected chi connectivity index (χ3v) is 27.5. The molecule has 0 radical (unpaired) electrons. The summed E-state index contributed by atoms with van der Waals surface area (Å²) in [7, 11) is 0. The number of hydrogen-bond acceptors (Lipinski definition) is 15. The highest BCUT2D eigenvalue weighted by molar-refractivity contribution is 5.96. The molecule has 1 unspecified atom stereocenters. The van der Waals surface area contributed by atoms with E-state index < -0.39 is 231 Å². The summed E-state index contributed by atoms with van der Waals surface area (Å²) in [4.78, 5) is 94.7. The summed E-state index contributed by atoms with van der Waals surface area (Å²) in [6, 6.07) is 54.5. The minimum atomic E-state index is -5.07. The first kappa shape index (κ1) is 112. The lowest BCUT2D eigenvalue weighted by Crippen LogP contribution is -2.51. The standard InChI is InChI=1S/C41H36F7NO6.C34H33F7N2O5.C34H31F7N2O4/c1-24(28-19-29(40(43,44)45)21-30(20-28)41(46,47)48)54-34-18-17-32(35(34)26-13-15-31(42)16-14-26)33(50)22-39(2)37(51)55-36(27-11-7-4-8-12-27)49(39)38(52)53-23-25-9-5-3-6-10-25;1-19(22-14-23(33(36,37)38)16-24(15-22)34(39,40)41)48-27-13-12-26(28(27)21-8-10-25(35)11-9-21)32(46)18-31(2,29(44)42-32)43-30(45)47-17-20-6-4-3-5-7-20;1-19(22-14-23(33(36,37)38)16-24(15-22)34(39,40)41)47-28-13-12-26(29(28)21-8-10-25(35)11-9-21)27-17-32(2,30(44)42-27)43-31(45)46-18-20-6-4-3-5-7-20/h3-16,19-21,24,32,34-36H,17-18,22-23H2,1-2H3;3-11,14-16,19,26-28,46H,12-13,17-18H2,1-2H3,(H,42,44)(H,43,45);3-11,14-16,19,28-29H,12-13,17-18H2,1-2H3,(H,42,44)(H,43,45)/t24-,32+,34+,35+,36+,39-;19-,26-,27+,28+,31-,32?;19-,28+,29+,32-/m111/s1. The number of ether oxygens (including phenoxy) is 7. The molecule has 0 spiro atoms. The molecule has 0 aromatic heterocycles. The first-order valence-corrected chi connectivity index (χ1v) is 47.3. The first-order valence-electron chi connectivity index (χ1n) is 47.3. The van der Waals surface area contributed by atoms with Crippen molar-refractivity contribution in [3.05, 3.63) is 366 Å². The number of benzene rings is 10. The number of rotatable bonds is 25. The van der Waals surface area contributed by atoms with Crippen LogP contribution in [0.3, 0.4) is 0 Å². The zero-order chi connectivity index (χ0) is 109. The van der Waals surface area contributed by atoms with Crippen LogP contribution in [0.5, 0.6) is 0 Å². The molecule has 6 aliphatic rings. The van der Waals surface area contributed by atoms with Crippen LogP contribution in [0.4, 0.5) is 107 Å². The Morgan fingerprint density at radius 3 is 1.19 bits per heavy atom. The summed E-state index contributed by atoms with van der Waals surface area (Å²) in [5, 5.41) is 22.5. The van der Waals surface area contributed by atoms with Crippen LogP contribution in [0.1, 0.15) is 231 Å². The number of carbonyl (C=O) groups is 7. The van der Waals surface area contributed by atoms with Crippen molar-refractivity contribution in [1.29, 1.82) is 0 Å². The van der Waals surface area contributed by atoms with Gasteiger partial charge in [0.05, 0.1) is 70.0 Å². The summed E-state index contributed by atoms with van der Waals surface area (Å²) >= 11 is 0. The number of alkyl halides is 18. The summed E-state index contributed by atoms with van der Waals surface area (Å²) in [5.74, 6) is -8.27. The summed E-state index contributed by atoms with van der Waals surface area (Å²) in [5.41, 5.74) is -11.6. The van der Waals surface area contributed by atoms with E-state index >= 15 is 0 Å². The van der Waals surface area contributed by atoms with Crippen LogP contribution in [0.25, 0.3) is 0 Å². The first-order chi connectivity index (χ1) is 70.4. The van der Waals surface area contributed by atoms with Crippen molar-refractivity contribution < 1.29 is 164 Å². The number of cyclic esters (lactones) is 1. The van der Waals surface area contributed by atoms with Gasteiger partial charge in [0.1, 0.15) is 59.9 Å². The van der Waals surface area contributed by atoms with Gasteiger partial charge < -0.3 is 59.5 Å². The van der Waals surface area contributed by atoms with Crippen molar-refractivity contribution in [1.82, 2.24) is 26.2 Å². The monoisotopic (exact) mass is 2120 g/mol. The molecule has 6 fully saturated rings. The average molecular weight is 2120 g/mol. The molecule has 3 aliphatic heterocycles. The van der Waals surface area contributed by atoms with Gasteiger partial charge >= 0.3 is 61.3 Å². The van der Waals surface area contributed by atoms with Crippen molar-refractivity contribution in [2.45, 2.75) is 239 Å². The van der Waals surface area contributed by atoms with E-state index in [0.717, 1.165) is 22.6 Å². The number of carbonyl (C=O) groups excluding carboxylic acids is 7. The van der Waals surface area contributed by atoms with E-state index in [9.17, 15) is 131 Å². The molecular formula is C109H100F21N5O15. The predicted octanol–water partition coefficient (Wildman–Crippen LogP) is 25.9. The van der Waals surface area contributed by atoms with Gasteiger partial charge in [0, 0.05) is 60.1 Å². The maximum absolute atomic E-state index is 14.4. The number of alkyl carbamates (subject to hydrolysis) is 2. The number of esters is 1. The van der Waals surface area contributed by atoms with Crippen LogP contribution in [-0.4, -0.2) is 92.5 Å². The molecule has 798 valence electrons. The van der Waals surface area contributed by atoms with E-state index in [0.29, 0.717) is 93.9 Å². The fourth-order valence-corrected chi connectivity index (χ4v) is 20.0. The largest absolute Gasteiger partial charge is 0.445 e. The molecule has 3 aliphatic carbocycles. The van der Waals surface area contributed by atoms with Crippen LogP contribution in [0.15, 0.2) is 260 Å². The Hall–Kier alpha value is -13.8. The highest BCUT2D eigenvalue weighted by Crippen LogP contribution is 2.55. The lowest BCUT2D eigenvalue weighted by Gasteiger charge is -2.37. The Morgan fingerprint density at radius 1 is 0.427 bits per heavy atom. The maximum Gasteiger partial charge on any atom is 0.416 e. The summed E-state index contributed by atoms with van der Waals surface area (Å²) in [6.07, 6.45) is -40.0. The summed E-state index contributed by atoms with van der Waals surface area (Å²) in [6.45, 7) is 8.10. The Balaban J connectivity index is 0.000000178. The van der Waals surface area contributed by atoms with E-state index in [-0.39, 0.29) is 93.2 Å². The molecule has 5 amide bonds. The highest BCUT2D eigenvalue weighted by Gasteiger charge is 2.62. The normalized spacial score (nSPS) is 24.5. The van der Waals surface area contributed by atoms with Crippen LogP contribution in [0.2, 0.25) is 0 Å². The van der Waals surface area contributed by atoms with Crippen molar-refractivity contribution in [2.24, 2.45) is 11.8 Å². The van der Waals surface area contributed by atoms with Gasteiger partial charge in [0.15, 0.2) is 5.54 Å². The Labute approximate surface area is 845 Å². The molecule has 3 heterocycles. The van der Waals surface area contributed by atoms with Crippen molar-refractivity contribution in [3.63, 3.8) is 0 Å². The molecule has 20 nitrogen and oxygen atoms in total. The molecule has 3 saturated carbocycles. The minimum absolute atomic E-state index is 0.0154. The summed E-state index contributed by atoms with van der Waals surface area (Å²) < 4.78 is 327. The van der Waals surface area contributed by atoms with Crippen molar-refractivity contribution >= 4 is 41.8 Å². The smallest absolute Gasteiger partial charge is 0.416 e. The SMILES string of the molecule is C[C@@H](O[C@H]1CCC(=C2C[C@@](C)(NC(=O)OCc3ccccc3)C(=O)N2)[C@@H]1c1ccc(F)cc1)c1cc(C(F)(F)F)cc(C(F)(F)F)c1.C[C@@H](O[C@H]1CC[C@@H](C(=O)C[C@]2(C)C(=O)O[C@@H](c3ccccc3)N2C(=O)OCc2ccccc2)[C@@H]1c1ccc(F)cc1)c1cc(C(F)(F)F)cc(C(F)(F)F)c1.C[C@@H](O[C@H]1CC[C@@H](C2(O)C[C@@](C)(NC(=O)OCc3ccccc3)C(=O)N2)[C@@H]1c1ccc(F)cc1)c1cc(C(F)(F)F)cc(C(F)(F)F)c1. The second kappa shape index (κ2) is 44.8. The van der Waals surface area contributed by atoms with E-state index in [1.165, 1.54) is 102 Å². The lowest BCUT2D eigenvalue weighted by atomic mass is 9.78. The zero-order valence-electron chi connectivity index (χ0n) is 80.6. The van der Waals surface area contributed by atoms with E-state index in [4.69, 9.17) is 33.2 Å². The Bertz CT molecular complexity index is 6430. The quantitative estimate of drug-likeness (QED) is 0.0203. The fourth-order valence-electron chi connectivity index (χ4n) is 20.0. The minimum Gasteiger partial charge on any atom is -0.445 e. The number of amides is 5. The number of nitrogens with one attached hydrogen (secondary N) is 4. The van der Waals surface area contributed by atoms with E-state index in [2.05, 4.69) is 21.3 Å². The van der Waals surface area contributed by atoms with Crippen molar-refractivity contribution in [3.8, 4) is 0 Å². The molecule has 10 aromatic rings. The van der Waals surface area contributed by atoms with Gasteiger partial charge in [-0.2, -0.15) is 79.0 Å². The lowest BCUT2D eigenvalue weighted by molar-refractivity contribution is -0.147. The van der Waals surface area contributed by atoms with Gasteiger partial charge in [-0.15, -0.1) is 0 Å². The molecule has 5 N–H and O–H groups in total. The number of ketones is 1. The molecular weight excluding hydrogens is 2020 g/mol. The number of halogens is 21. The molecule has 150 heavy (non-hydrogen) atoms. The van der Waals surface area contributed by atoms with Gasteiger partial charge in [-0.1, -0.05) is 158 Å². The average Bonchev–Trinajstić information content (AvgIpc) is 1.56. The highest BCUT2D eigenvalue weighted by atomic mass is 19.4. The van der Waals surface area contributed by atoms with Gasteiger partial charge in [-0.3, -0.25) is 19.3 Å². The van der Waals surface area contributed by atoms with Crippen LogP contribution in [-0.2, 0) is 109 Å². The Morgan fingerprint density at radius 2 is 0.787 bits per heavy atom. The zero-order valence-corrected chi connectivity index (χ0v) is 80.6. The van der Waals surface area contributed by atoms with Crippen LogP contribution in [0, 0.1) is 29.3 Å².